The van der Waals surface area contributed by atoms with Crippen LogP contribution in [-0.4, -0.2) is 34.9 Å². The van der Waals surface area contributed by atoms with Gasteiger partial charge in [-0.15, -0.1) is 11.6 Å². The summed E-state index contributed by atoms with van der Waals surface area (Å²) in [6, 6.07) is 5.84. The fraction of sp³-hybridized carbons (Fsp3) is 0.500. The van der Waals surface area contributed by atoms with Gasteiger partial charge in [0.1, 0.15) is 0 Å². The molecule has 94 valence electrons. The lowest BCUT2D eigenvalue weighted by molar-refractivity contribution is 0.279. The first-order valence-electron chi connectivity index (χ1n) is 5.53. The molecule has 2 rings (SSSR count). The second kappa shape index (κ2) is 6.53. The summed E-state index contributed by atoms with van der Waals surface area (Å²) in [6.45, 7) is 3.08. The van der Waals surface area contributed by atoms with Gasteiger partial charge in [-0.3, -0.25) is 4.90 Å². The zero-order valence-corrected chi connectivity index (χ0v) is 12.4. The fourth-order valence-electron chi connectivity index (χ4n) is 1.91. The highest BCUT2D eigenvalue weighted by molar-refractivity contribution is 8.00. The molecule has 1 aromatic carbocycles. The minimum atomic E-state index is 0.549. The normalized spacial score (nSPS) is 21.7. The molecule has 1 nitrogen and oxygen atoms in total. The zero-order chi connectivity index (χ0) is 12.3. The van der Waals surface area contributed by atoms with E-state index in [1.54, 1.807) is 0 Å². The molecule has 1 aromatic rings. The number of hydrogen-bond acceptors (Lipinski definition) is 2. The maximum absolute atomic E-state index is 6.01. The average molecular weight is 311 g/mol. The van der Waals surface area contributed by atoms with E-state index in [0.29, 0.717) is 15.3 Å². The topological polar surface area (TPSA) is 3.24 Å². The maximum atomic E-state index is 6.01. The van der Waals surface area contributed by atoms with Crippen LogP contribution in [0.25, 0.3) is 0 Å². The molecule has 0 aliphatic carbocycles. The van der Waals surface area contributed by atoms with Crippen LogP contribution >= 0.6 is 46.6 Å². The number of hydrogen-bond donors (Lipinski definition) is 0. The first-order valence-corrected chi connectivity index (χ1v) is 7.87. The second-order valence-electron chi connectivity index (χ2n) is 4.13. The Balaban J connectivity index is 1.97. The molecule has 0 bridgehead atoms. The molecule has 17 heavy (non-hydrogen) atoms. The molecule has 1 atom stereocenters. The van der Waals surface area contributed by atoms with E-state index in [1.807, 2.05) is 30.0 Å². The van der Waals surface area contributed by atoms with Crippen molar-refractivity contribution in [3.05, 3.63) is 33.8 Å². The third-order valence-corrected chi connectivity index (χ3v) is 5.29. The van der Waals surface area contributed by atoms with Gasteiger partial charge in [0.25, 0.3) is 0 Å². The lowest BCUT2D eigenvalue weighted by Crippen LogP contribution is -2.38. The molecule has 1 aliphatic rings. The van der Waals surface area contributed by atoms with Crippen LogP contribution in [0.5, 0.6) is 0 Å². The Morgan fingerprint density at radius 2 is 2.12 bits per heavy atom. The average Bonchev–Trinajstić information content (AvgIpc) is 2.34. The summed E-state index contributed by atoms with van der Waals surface area (Å²) in [5.74, 6) is 1.88. The van der Waals surface area contributed by atoms with Crippen molar-refractivity contribution >= 4 is 46.6 Å². The summed E-state index contributed by atoms with van der Waals surface area (Å²) < 4.78 is 0. The molecular formula is C12H14Cl3NS. The maximum Gasteiger partial charge on any atom is 0.0595 e. The molecule has 0 amide bonds. The zero-order valence-electron chi connectivity index (χ0n) is 9.33. The lowest BCUT2D eigenvalue weighted by atomic mass is 10.2. The summed E-state index contributed by atoms with van der Waals surface area (Å²) in [4.78, 5) is 2.42. The van der Waals surface area contributed by atoms with Crippen LogP contribution in [0.1, 0.15) is 5.56 Å². The molecule has 1 aliphatic heterocycles. The van der Waals surface area contributed by atoms with Crippen LogP contribution in [0.2, 0.25) is 10.0 Å². The highest BCUT2D eigenvalue weighted by Gasteiger charge is 2.19. The predicted molar refractivity (Wildman–Crippen MR) is 78.7 cm³/mol. The Morgan fingerprint density at radius 3 is 2.82 bits per heavy atom. The van der Waals surface area contributed by atoms with Crippen LogP contribution in [0.4, 0.5) is 0 Å². The molecule has 1 unspecified atom stereocenters. The third kappa shape index (κ3) is 3.93. The summed E-state index contributed by atoms with van der Waals surface area (Å²) in [7, 11) is 0. The molecule has 0 radical (unpaired) electrons. The van der Waals surface area contributed by atoms with E-state index in [-0.39, 0.29) is 0 Å². The summed E-state index contributed by atoms with van der Waals surface area (Å²) in [6.07, 6.45) is 0. The van der Waals surface area contributed by atoms with Gasteiger partial charge in [-0.2, -0.15) is 11.8 Å². The van der Waals surface area contributed by atoms with Crippen molar-refractivity contribution in [3.8, 4) is 0 Å². The van der Waals surface area contributed by atoms with Gasteiger partial charge in [0.15, 0.2) is 0 Å². The third-order valence-electron chi connectivity index (χ3n) is 2.79. The molecule has 0 spiro atoms. The van der Waals surface area contributed by atoms with E-state index in [9.17, 15) is 0 Å². The van der Waals surface area contributed by atoms with E-state index in [2.05, 4.69) is 4.90 Å². The molecule has 0 aromatic heterocycles. The van der Waals surface area contributed by atoms with Crippen LogP contribution in [0.15, 0.2) is 18.2 Å². The number of benzene rings is 1. The first-order chi connectivity index (χ1) is 8.19. The molecule has 1 fully saturated rings. The van der Waals surface area contributed by atoms with Gasteiger partial charge in [0.05, 0.1) is 10.0 Å². The van der Waals surface area contributed by atoms with Crippen LogP contribution in [-0.2, 0) is 6.54 Å². The molecular weight excluding hydrogens is 297 g/mol. The van der Waals surface area contributed by atoms with Gasteiger partial charge in [0, 0.05) is 36.5 Å². The minimum absolute atomic E-state index is 0.549. The van der Waals surface area contributed by atoms with Crippen molar-refractivity contribution in [2.45, 2.75) is 11.8 Å². The van der Waals surface area contributed by atoms with E-state index < -0.39 is 0 Å². The summed E-state index contributed by atoms with van der Waals surface area (Å²) >= 11 is 19.8. The highest BCUT2D eigenvalue weighted by atomic mass is 35.5. The number of rotatable bonds is 3. The van der Waals surface area contributed by atoms with Crippen LogP contribution in [0.3, 0.4) is 0 Å². The van der Waals surface area contributed by atoms with Crippen molar-refractivity contribution in [3.63, 3.8) is 0 Å². The Hall–Kier alpha value is 0.400. The summed E-state index contributed by atoms with van der Waals surface area (Å²) in [5, 5.41) is 1.79. The molecule has 1 saturated heterocycles. The van der Waals surface area contributed by atoms with E-state index in [0.717, 1.165) is 31.3 Å². The molecule has 0 N–H and O–H groups in total. The number of thioether (sulfide) groups is 1. The van der Waals surface area contributed by atoms with E-state index in [1.165, 1.54) is 5.56 Å². The minimum Gasteiger partial charge on any atom is -0.297 e. The Labute approximate surface area is 121 Å². The Bertz CT molecular complexity index is 386. The SMILES string of the molecule is ClCC1CN(Cc2ccc(Cl)c(Cl)c2)CCS1. The molecule has 0 saturated carbocycles. The monoisotopic (exact) mass is 309 g/mol. The van der Waals surface area contributed by atoms with Crippen LogP contribution < -0.4 is 0 Å². The second-order valence-corrected chi connectivity index (χ2v) is 6.66. The van der Waals surface area contributed by atoms with Gasteiger partial charge >= 0.3 is 0 Å². The number of halogens is 3. The van der Waals surface area contributed by atoms with Crippen molar-refractivity contribution in [1.82, 2.24) is 4.90 Å². The summed E-state index contributed by atoms with van der Waals surface area (Å²) in [5.41, 5.74) is 1.21. The molecule has 5 heteroatoms. The molecule has 1 heterocycles. The van der Waals surface area contributed by atoms with Crippen molar-refractivity contribution in [2.24, 2.45) is 0 Å². The van der Waals surface area contributed by atoms with Crippen molar-refractivity contribution < 1.29 is 0 Å². The van der Waals surface area contributed by atoms with Gasteiger partial charge in [0.2, 0.25) is 0 Å². The quantitative estimate of drug-likeness (QED) is 0.772. The van der Waals surface area contributed by atoms with Crippen LogP contribution in [0, 0.1) is 0 Å². The van der Waals surface area contributed by atoms with Crippen molar-refractivity contribution in [2.75, 3.05) is 24.7 Å². The fourth-order valence-corrected chi connectivity index (χ4v) is 3.70. The van der Waals surface area contributed by atoms with Crippen molar-refractivity contribution in [1.29, 1.82) is 0 Å². The number of nitrogens with zero attached hydrogens (tertiary/aromatic N) is 1. The Morgan fingerprint density at radius 1 is 1.29 bits per heavy atom. The van der Waals surface area contributed by atoms with Gasteiger partial charge in [-0.25, -0.2) is 0 Å². The Kier molecular flexibility index (Phi) is 5.31. The highest BCUT2D eigenvalue weighted by Crippen LogP contribution is 2.25. The van der Waals surface area contributed by atoms with E-state index in [4.69, 9.17) is 34.8 Å². The lowest BCUT2D eigenvalue weighted by Gasteiger charge is -2.31. The smallest absolute Gasteiger partial charge is 0.0595 e. The standard InChI is InChI=1S/C12H14Cl3NS/c13-6-10-8-16(3-4-17-10)7-9-1-2-11(14)12(15)5-9/h1-2,5,10H,3-4,6-8H2. The van der Waals surface area contributed by atoms with Gasteiger partial charge in [-0.05, 0) is 17.7 Å². The van der Waals surface area contributed by atoms with Gasteiger partial charge < -0.3 is 0 Å². The predicted octanol–water partition coefficient (Wildman–Crippen LogP) is 4.15. The van der Waals surface area contributed by atoms with Gasteiger partial charge in [-0.1, -0.05) is 29.3 Å². The first kappa shape index (κ1) is 13.8. The largest absolute Gasteiger partial charge is 0.297 e. The van der Waals surface area contributed by atoms with E-state index >= 15 is 0 Å². The number of alkyl halides is 1.